The summed E-state index contributed by atoms with van der Waals surface area (Å²) in [6.45, 7) is 5.67. The first-order valence-electron chi connectivity index (χ1n) is 11.2. The predicted molar refractivity (Wildman–Crippen MR) is 123 cm³/mol. The number of hydrogen-bond acceptors (Lipinski definition) is 4. The lowest BCUT2D eigenvalue weighted by molar-refractivity contribution is 0.0838. The minimum Gasteiger partial charge on any atom is -0.298 e. The summed E-state index contributed by atoms with van der Waals surface area (Å²) < 4.78 is 0. The highest BCUT2D eigenvalue weighted by Gasteiger charge is 2.27. The SMILES string of the molecule is C(#Cc1cncnc1)c1ccc(CN2CCCC(N3CCc4ccccc4C3)C2)cc1. The average Bonchev–Trinajstić information content (AvgIpc) is 2.84. The molecule has 0 amide bonds. The zero-order valence-electron chi connectivity index (χ0n) is 17.9. The first-order valence-corrected chi connectivity index (χ1v) is 11.2. The van der Waals surface area contributed by atoms with Gasteiger partial charge in [-0.15, -0.1) is 0 Å². The summed E-state index contributed by atoms with van der Waals surface area (Å²) in [4.78, 5) is 13.3. The van der Waals surface area contributed by atoms with Gasteiger partial charge in [-0.2, -0.15) is 0 Å². The number of aromatic nitrogens is 2. The first-order chi connectivity index (χ1) is 15.3. The molecule has 0 bridgehead atoms. The summed E-state index contributed by atoms with van der Waals surface area (Å²) in [6, 6.07) is 18.3. The van der Waals surface area contributed by atoms with E-state index in [1.54, 1.807) is 12.4 Å². The molecule has 3 aromatic rings. The maximum atomic E-state index is 4.00. The molecule has 1 unspecified atom stereocenters. The Hall–Kier alpha value is -3.00. The van der Waals surface area contributed by atoms with E-state index < -0.39 is 0 Å². The van der Waals surface area contributed by atoms with E-state index in [1.807, 2.05) is 0 Å². The Balaban J connectivity index is 1.18. The number of likely N-dealkylation sites (tertiary alicyclic amines) is 1. The maximum Gasteiger partial charge on any atom is 0.115 e. The number of nitrogens with zero attached hydrogens (tertiary/aromatic N) is 4. The normalized spacial score (nSPS) is 19.3. The van der Waals surface area contributed by atoms with Crippen LogP contribution >= 0.6 is 0 Å². The van der Waals surface area contributed by atoms with Crippen LogP contribution in [-0.4, -0.2) is 45.4 Å². The van der Waals surface area contributed by atoms with Crippen LogP contribution in [0.15, 0.2) is 67.3 Å². The second kappa shape index (κ2) is 9.43. The molecule has 31 heavy (non-hydrogen) atoms. The zero-order valence-corrected chi connectivity index (χ0v) is 17.9. The molecule has 0 radical (unpaired) electrons. The Bertz CT molecular complexity index is 1070. The number of hydrogen-bond donors (Lipinski definition) is 0. The minimum absolute atomic E-state index is 0.667. The van der Waals surface area contributed by atoms with Gasteiger partial charge in [0.1, 0.15) is 6.33 Å². The Kier molecular flexibility index (Phi) is 6.06. The third kappa shape index (κ3) is 5.02. The van der Waals surface area contributed by atoms with E-state index in [0.29, 0.717) is 6.04 Å². The molecule has 1 saturated heterocycles. The molecule has 5 rings (SSSR count). The molecule has 4 nitrogen and oxygen atoms in total. The molecule has 0 spiro atoms. The lowest BCUT2D eigenvalue weighted by atomic mass is 9.96. The van der Waals surface area contributed by atoms with Crippen molar-refractivity contribution in [2.45, 2.75) is 38.4 Å². The molecule has 156 valence electrons. The van der Waals surface area contributed by atoms with E-state index in [-0.39, 0.29) is 0 Å². The van der Waals surface area contributed by atoms with Crippen LogP contribution < -0.4 is 0 Å². The lowest BCUT2D eigenvalue weighted by Gasteiger charge is -2.41. The van der Waals surface area contributed by atoms with Gasteiger partial charge in [0.2, 0.25) is 0 Å². The molecule has 2 aromatic carbocycles. The Labute approximate surface area is 185 Å². The predicted octanol–water partition coefficient (Wildman–Crippen LogP) is 3.90. The number of fused-ring (bicyclic) bond motifs is 1. The molecule has 0 aliphatic carbocycles. The van der Waals surface area contributed by atoms with Crippen molar-refractivity contribution >= 4 is 0 Å². The molecular formula is C27H28N4. The van der Waals surface area contributed by atoms with Gasteiger partial charge in [-0.3, -0.25) is 9.80 Å². The summed E-state index contributed by atoms with van der Waals surface area (Å²) in [6.07, 6.45) is 8.78. The van der Waals surface area contributed by atoms with Gasteiger partial charge in [0, 0.05) is 50.2 Å². The Morgan fingerprint density at radius 1 is 0.871 bits per heavy atom. The molecule has 0 N–H and O–H groups in total. The van der Waals surface area contributed by atoms with E-state index in [0.717, 1.165) is 30.8 Å². The van der Waals surface area contributed by atoms with Gasteiger partial charge in [-0.1, -0.05) is 48.2 Å². The monoisotopic (exact) mass is 408 g/mol. The number of benzene rings is 2. The summed E-state index contributed by atoms with van der Waals surface area (Å²) in [5, 5.41) is 0. The van der Waals surface area contributed by atoms with Crippen molar-refractivity contribution in [2.75, 3.05) is 19.6 Å². The Morgan fingerprint density at radius 3 is 2.48 bits per heavy atom. The van der Waals surface area contributed by atoms with Gasteiger partial charge in [-0.25, -0.2) is 9.97 Å². The van der Waals surface area contributed by atoms with Crippen molar-refractivity contribution < 1.29 is 0 Å². The van der Waals surface area contributed by atoms with Crippen LogP contribution in [-0.2, 0) is 19.5 Å². The van der Waals surface area contributed by atoms with E-state index in [9.17, 15) is 0 Å². The molecule has 1 aromatic heterocycles. The van der Waals surface area contributed by atoms with Gasteiger partial charge in [0.05, 0.1) is 5.56 Å². The summed E-state index contributed by atoms with van der Waals surface area (Å²) in [5.41, 5.74) is 6.28. The molecule has 1 fully saturated rings. The van der Waals surface area contributed by atoms with E-state index in [4.69, 9.17) is 0 Å². The fraction of sp³-hybridized carbons (Fsp3) is 0.333. The van der Waals surface area contributed by atoms with E-state index in [1.165, 1.54) is 55.4 Å². The van der Waals surface area contributed by atoms with Gasteiger partial charge in [-0.05, 0) is 54.6 Å². The summed E-state index contributed by atoms with van der Waals surface area (Å²) in [5.74, 6) is 6.32. The van der Waals surface area contributed by atoms with Gasteiger partial charge in [0.15, 0.2) is 0 Å². The average molecular weight is 409 g/mol. The molecule has 2 aliphatic rings. The molecule has 2 aliphatic heterocycles. The second-order valence-electron chi connectivity index (χ2n) is 8.59. The van der Waals surface area contributed by atoms with E-state index >= 15 is 0 Å². The highest BCUT2D eigenvalue weighted by atomic mass is 15.2. The van der Waals surface area contributed by atoms with Crippen LogP contribution in [0.3, 0.4) is 0 Å². The highest BCUT2D eigenvalue weighted by molar-refractivity contribution is 5.41. The zero-order chi connectivity index (χ0) is 20.9. The van der Waals surface area contributed by atoms with Crippen LogP contribution in [0.5, 0.6) is 0 Å². The standard InChI is InChI=1S/C27H28N4/c1-2-5-26-19-31(15-13-25(26)4-1)27-6-3-14-30(20-27)18-23-10-7-22(8-11-23)9-12-24-16-28-21-29-17-24/h1-2,4-5,7-8,10-11,16-17,21,27H,3,6,13-15,18-20H2. The van der Waals surface area contributed by atoms with Crippen LogP contribution in [0.25, 0.3) is 0 Å². The van der Waals surface area contributed by atoms with Crippen LogP contribution in [0.4, 0.5) is 0 Å². The fourth-order valence-corrected chi connectivity index (χ4v) is 4.76. The molecular weight excluding hydrogens is 380 g/mol. The maximum absolute atomic E-state index is 4.00. The number of rotatable bonds is 3. The quantitative estimate of drug-likeness (QED) is 0.616. The van der Waals surface area contributed by atoms with Crippen LogP contribution in [0.1, 0.15) is 40.7 Å². The van der Waals surface area contributed by atoms with Crippen molar-refractivity contribution in [1.82, 2.24) is 19.8 Å². The topological polar surface area (TPSA) is 32.3 Å². The van der Waals surface area contributed by atoms with Crippen molar-refractivity contribution in [2.24, 2.45) is 0 Å². The summed E-state index contributed by atoms with van der Waals surface area (Å²) >= 11 is 0. The lowest BCUT2D eigenvalue weighted by Crippen LogP contribution is -2.49. The second-order valence-corrected chi connectivity index (χ2v) is 8.59. The van der Waals surface area contributed by atoms with E-state index in [2.05, 4.69) is 80.1 Å². The summed E-state index contributed by atoms with van der Waals surface area (Å²) in [7, 11) is 0. The van der Waals surface area contributed by atoms with Gasteiger partial charge < -0.3 is 0 Å². The highest BCUT2D eigenvalue weighted by Crippen LogP contribution is 2.25. The molecule has 0 saturated carbocycles. The van der Waals surface area contributed by atoms with Crippen LogP contribution in [0, 0.1) is 11.8 Å². The van der Waals surface area contributed by atoms with Crippen LogP contribution in [0.2, 0.25) is 0 Å². The molecule has 1 atom stereocenters. The third-order valence-electron chi connectivity index (χ3n) is 6.43. The van der Waals surface area contributed by atoms with Gasteiger partial charge in [0.25, 0.3) is 0 Å². The van der Waals surface area contributed by atoms with Crippen molar-refractivity contribution in [1.29, 1.82) is 0 Å². The fourth-order valence-electron chi connectivity index (χ4n) is 4.76. The van der Waals surface area contributed by atoms with Crippen molar-refractivity contribution in [3.8, 4) is 11.8 Å². The number of piperidine rings is 1. The Morgan fingerprint density at radius 2 is 1.65 bits per heavy atom. The minimum atomic E-state index is 0.667. The molecule has 3 heterocycles. The smallest absolute Gasteiger partial charge is 0.115 e. The van der Waals surface area contributed by atoms with Crippen molar-refractivity contribution in [3.63, 3.8) is 0 Å². The third-order valence-corrected chi connectivity index (χ3v) is 6.43. The van der Waals surface area contributed by atoms with Crippen molar-refractivity contribution in [3.05, 3.63) is 95.1 Å². The van der Waals surface area contributed by atoms with Gasteiger partial charge >= 0.3 is 0 Å². The first kappa shape index (κ1) is 19.9. The largest absolute Gasteiger partial charge is 0.298 e. The molecule has 4 heteroatoms.